The van der Waals surface area contributed by atoms with E-state index >= 15 is 0 Å². The molecule has 0 atom stereocenters. The lowest BCUT2D eigenvalue weighted by Crippen LogP contribution is -2.15. The molecular weight excluding hydrogens is 276 g/mol. The molecule has 20 heavy (non-hydrogen) atoms. The lowest BCUT2D eigenvalue weighted by molar-refractivity contribution is 0.102. The van der Waals surface area contributed by atoms with Gasteiger partial charge in [-0.15, -0.1) is 0 Å². The summed E-state index contributed by atoms with van der Waals surface area (Å²) in [6, 6.07) is 9.99. The third-order valence-electron chi connectivity index (χ3n) is 2.64. The van der Waals surface area contributed by atoms with E-state index in [2.05, 4.69) is 15.6 Å². The number of rotatable bonds is 3. The van der Waals surface area contributed by atoms with E-state index in [4.69, 9.17) is 16.9 Å². The van der Waals surface area contributed by atoms with Crippen LogP contribution in [0, 0.1) is 11.3 Å². The van der Waals surface area contributed by atoms with Crippen molar-refractivity contribution in [3.8, 4) is 6.07 Å². The van der Waals surface area contributed by atoms with E-state index < -0.39 is 0 Å². The summed E-state index contributed by atoms with van der Waals surface area (Å²) in [5, 5.41) is 14.6. The quantitative estimate of drug-likeness (QED) is 0.909. The number of benzene rings is 1. The van der Waals surface area contributed by atoms with Crippen LogP contribution in [0.4, 0.5) is 11.5 Å². The van der Waals surface area contributed by atoms with Crippen molar-refractivity contribution in [3.63, 3.8) is 0 Å². The maximum atomic E-state index is 12.2. The number of pyridine rings is 1. The minimum Gasteiger partial charge on any atom is -0.372 e. The van der Waals surface area contributed by atoms with Gasteiger partial charge >= 0.3 is 0 Å². The molecule has 0 aliphatic carbocycles. The Hall–Kier alpha value is -2.58. The fraction of sp³-hybridized carbons (Fsp3) is 0.0714. The molecule has 0 unspecified atom stereocenters. The number of hydrogen-bond acceptors (Lipinski definition) is 4. The summed E-state index contributed by atoms with van der Waals surface area (Å²) in [6.45, 7) is 0. The summed E-state index contributed by atoms with van der Waals surface area (Å²) in [7, 11) is 1.69. The molecule has 0 spiro atoms. The van der Waals surface area contributed by atoms with Crippen molar-refractivity contribution in [3.05, 3.63) is 52.7 Å². The van der Waals surface area contributed by atoms with Crippen LogP contribution in [0.25, 0.3) is 0 Å². The van der Waals surface area contributed by atoms with E-state index in [1.807, 2.05) is 6.07 Å². The van der Waals surface area contributed by atoms with E-state index in [0.29, 0.717) is 27.7 Å². The smallest absolute Gasteiger partial charge is 0.259 e. The van der Waals surface area contributed by atoms with Crippen molar-refractivity contribution in [2.45, 2.75) is 0 Å². The second-order valence-electron chi connectivity index (χ2n) is 3.91. The van der Waals surface area contributed by atoms with Gasteiger partial charge in [0.05, 0.1) is 27.9 Å². The van der Waals surface area contributed by atoms with Crippen LogP contribution in [0.2, 0.25) is 5.02 Å². The van der Waals surface area contributed by atoms with Gasteiger partial charge in [0, 0.05) is 13.2 Å². The van der Waals surface area contributed by atoms with Gasteiger partial charge in [0.2, 0.25) is 0 Å². The Morgan fingerprint density at radius 1 is 1.40 bits per heavy atom. The molecule has 100 valence electrons. The first-order valence-corrected chi connectivity index (χ1v) is 6.17. The lowest BCUT2D eigenvalue weighted by atomic mass is 10.2. The Bertz CT molecular complexity index is 694. The topological polar surface area (TPSA) is 77.8 Å². The number of anilines is 2. The molecule has 2 aromatic rings. The fourth-order valence-corrected chi connectivity index (χ4v) is 1.89. The molecule has 0 bridgehead atoms. The van der Waals surface area contributed by atoms with E-state index in [0.717, 1.165) is 0 Å². The highest BCUT2D eigenvalue weighted by atomic mass is 35.5. The minimum atomic E-state index is -0.325. The predicted octanol–water partition coefficient (Wildman–Crippen LogP) is 2.90. The molecular formula is C14H11ClN4O. The van der Waals surface area contributed by atoms with Gasteiger partial charge in [0.15, 0.2) is 0 Å². The Kier molecular flexibility index (Phi) is 4.18. The molecule has 1 aromatic carbocycles. The summed E-state index contributed by atoms with van der Waals surface area (Å²) in [4.78, 5) is 16.2. The average molecular weight is 287 g/mol. The first kappa shape index (κ1) is 13.8. The summed E-state index contributed by atoms with van der Waals surface area (Å²) < 4.78 is 0. The Balaban J connectivity index is 2.26. The number of hydrogen-bond donors (Lipinski definition) is 2. The molecule has 1 amide bonds. The normalized spacial score (nSPS) is 9.65. The molecule has 0 aliphatic heterocycles. The van der Waals surface area contributed by atoms with Gasteiger partial charge in [-0.3, -0.25) is 4.79 Å². The molecule has 0 radical (unpaired) electrons. The lowest BCUT2D eigenvalue weighted by Gasteiger charge is -2.10. The van der Waals surface area contributed by atoms with Crippen LogP contribution in [0.1, 0.15) is 15.9 Å². The maximum absolute atomic E-state index is 12.2. The molecule has 1 heterocycles. The standard InChI is InChI=1S/C14H11ClN4O/c1-17-13-10(3-2-6-18-13)14(20)19-12-5-4-9(8-16)7-11(12)15/h2-7H,1H3,(H,17,18)(H,19,20). The second-order valence-corrected chi connectivity index (χ2v) is 4.32. The average Bonchev–Trinajstić information content (AvgIpc) is 2.49. The van der Waals surface area contributed by atoms with Crippen molar-refractivity contribution < 1.29 is 4.79 Å². The Morgan fingerprint density at radius 3 is 2.85 bits per heavy atom. The zero-order valence-corrected chi connectivity index (χ0v) is 11.4. The van der Waals surface area contributed by atoms with Crippen molar-refractivity contribution in [2.24, 2.45) is 0 Å². The first-order chi connectivity index (χ1) is 9.65. The number of aromatic nitrogens is 1. The Labute approximate surface area is 121 Å². The van der Waals surface area contributed by atoms with Gasteiger partial charge in [-0.1, -0.05) is 11.6 Å². The molecule has 2 rings (SSSR count). The van der Waals surface area contributed by atoms with Crippen LogP contribution < -0.4 is 10.6 Å². The second kappa shape index (κ2) is 6.04. The van der Waals surface area contributed by atoms with Gasteiger partial charge in [0.1, 0.15) is 5.82 Å². The number of halogens is 1. The predicted molar refractivity (Wildman–Crippen MR) is 77.9 cm³/mol. The van der Waals surface area contributed by atoms with E-state index in [-0.39, 0.29) is 5.91 Å². The molecule has 0 fully saturated rings. The largest absolute Gasteiger partial charge is 0.372 e. The number of nitrogens with one attached hydrogen (secondary N) is 2. The third kappa shape index (κ3) is 2.87. The van der Waals surface area contributed by atoms with Gasteiger partial charge in [-0.2, -0.15) is 5.26 Å². The Morgan fingerprint density at radius 2 is 2.20 bits per heavy atom. The number of carbonyl (C=O) groups excluding carboxylic acids is 1. The number of carbonyl (C=O) groups is 1. The molecule has 0 saturated heterocycles. The third-order valence-corrected chi connectivity index (χ3v) is 2.95. The van der Waals surface area contributed by atoms with Gasteiger partial charge < -0.3 is 10.6 Å². The van der Waals surface area contributed by atoms with E-state index in [9.17, 15) is 4.79 Å². The van der Waals surface area contributed by atoms with Crippen LogP contribution in [0.5, 0.6) is 0 Å². The SMILES string of the molecule is CNc1ncccc1C(=O)Nc1ccc(C#N)cc1Cl. The number of amides is 1. The van der Waals surface area contributed by atoms with Crippen LogP contribution in [-0.2, 0) is 0 Å². The zero-order valence-electron chi connectivity index (χ0n) is 10.6. The summed E-state index contributed by atoms with van der Waals surface area (Å²) in [5.41, 5.74) is 1.29. The van der Waals surface area contributed by atoms with Gasteiger partial charge in [-0.05, 0) is 30.3 Å². The summed E-state index contributed by atoms with van der Waals surface area (Å²) >= 11 is 6.02. The molecule has 6 heteroatoms. The van der Waals surface area contributed by atoms with Crippen molar-refractivity contribution >= 4 is 29.0 Å². The fourth-order valence-electron chi connectivity index (χ4n) is 1.66. The molecule has 2 N–H and O–H groups in total. The monoisotopic (exact) mass is 286 g/mol. The maximum Gasteiger partial charge on any atom is 0.259 e. The van der Waals surface area contributed by atoms with Gasteiger partial charge in [-0.25, -0.2) is 4.98 Å². The highest BCUT2D eigenvalue weighted by Gasteiger charge is 2.13. The number of nitriles is 1. The first-order valence-electron chi connectivity index (χ1n) is 5.79. The minimum absolute atomic E-state index is 0.312. The highest BCUT2D eigenvalue weighted by molar-refractivity contribution is 6.34. The van der Waals surface area contributed by atoms with Crippen LogP contribution in [0.3, 0.4) is 0 Å². The van der Waals surface area contributed by atoms with Crippen molar-refractivity contribution in [1.29, 1.82) is 5.26 Å². The zero-order chi connectivity index (χ0) is 14.5. The van der Waals surface area contributed by atoms with Crippen LogP contribution >= 0.6 is 11.6 Å². The molecule has 1 aromatic heterocycles. The summed E-state index contributed by atoms with van der Waals surface area (Å²) in [6.07, 6.45) is 1.59. The molecule has 0 saturated carbocycles. The van der Waals surface area contributed by atoms with Gasteiger partial charge in [0.25, 0.3) is 5.91 Å². The van der Waals surface area contributed by atoms with E-state index in [1.54, 1.807) is 37.5 Å². The van der Waals surface area contributed by atoms with E-state index in [1.165, 1.54) is 6.07 Å². The molecule has 5 nitrogen and oxygen atoms in total. The van der Waals surface area contributed by atoms with Crippen LogP contribution in [0.15, 0.2) is 36.5 Å². The van der Waals surface area contributed by atoms with Crippen molar-refractivity contribution in [1.82, 2.24) is 4.98 Å². The molecule has 0 aliphatic rings. The number of nitrogens with zero attached hydrogens (tertiary/aromatic N) is 2. The highest BCUT2D eigenvalue weighted by Crippen LogP contribution is 2.24. The van der Waals surface area contributed by atoms with Crippen molar-refractivity contribution in [2.75, 3.05) is 17.7 Å². The summed E-state index contributed by atoms with van der Waals surface area (Å²) in [5.74, 6) is 0.156. The van der Waals surface area contributed by atoms with Crippen LogP contribution in [-0.4, -0.2) is 17.9 Å².